The lowest BCUT2D eigenvalue weighted by Gasteiger charge is -2.35. The summed E-state index contributed by atoms with van der Waals surface area (Å²) < 4.78 is 1.05. The number of carbonyl (C=O) groups is 1. The number of benzene rings is 2. The molecule has 106 valence electrons. The van der Waals surface area contributed by atoms with Crippen LogP contribution in [0.25, 0.3) is 10.8 Å². The lowest BCUT2D eigenvalue weighted by molar-refractivity contribution is 0.0681. The summed E-state index contributed by atoms with van der Waals surface area (Å²) in [5.74, 6) is 0.0938. The fraction of sp³-hybridized carbons (Fsp3) is 0.267. The number of nitrogens with zero attached hydrogens (tertiary/aromatic N) is 1. The SMILES string of the molecule is CN(C(=O)c1ccc2cc(Br)ccc2c1)C1CNC1.Cl. The summed E-state index contributed by atoms with van der Waals surface area (Å²) in [4.78, 5) is 14.2. The van der Waals surface area contributed by atoms with Crippen LogP contribution in [0.3, 0.4) is 0 Å². The van der Waals surface area contributed by atoms with E-state index < -0.39 is 0 Å². The Balaban J connectivity index is 0.00000147. The second-order valence-electron chi connectivity index (χ2n) is 4.93. The van der Waals surface area contributed by atoms with Crippen LogP contribution in [0.1, 0.15) is 10.4 Å². The fourth-order valence-corrected chi connectivity index (χ4v) is 2.65. The molecule has 0 saturated carbocycles. The van der Waals surface area contributed by atoms with Gasteiger partial charge in [0, 0.05) is 30.2 Å². The smallest absolute Gasteiger partial charge is 0.253 e. The monoisotopic (exact) mass is 354 g/mol. The highest BCUT2D eigenvalue weighted by atomic mass is 79.9. The molecule has 1 fully saturated rings. The van der Waals surface area contributed by atoms with Crippen molar-refractivity contribution in [2.75, 3.05) is 20.1 Å². The van der Waals surface area contributed by atoms with E-state index in [1.807, 2.05) is 42.3 Å². The maximum Gasteiger partial charge on any atom is 0.253 e. The fourth-order valence-electron chi connectivity index (χ4n) is 2.27. The first-order chi connectivity index (χ1) is 9.15. The van der Waals surface area contributed by atoms with E-state index in [2.05, 4.69) is 27.3 Å². The number of hydrogen-bond acceptors (Lipinski definition) is 2. The molecule has 0 unspecified atom stereocenters. The zero-order valence-electron chi connectivity index (χ0n) is 11.1. The van der Waals surface area contributed by atoms with Crippen LogP contribution in [0.15, 0.2) is 40.9 Å². The Labute approximate surface area is 132 Å². The standard InChI is InChI=1S/C15H15BrN2O.ClH/c1-18(14-8-17-9-14)15(19)12-3-2-11-7-13(16)5-4-10(11)6-12;/h2-7,14,17H,8-9H2,1H3;1H. The van der Waals surface area contributed by atoms with E-state index in [9.17, 15) is 4.79 Å². The third kappa shape index (κ3) is 2.82. The van der Waals surface area contributed by atoms with E-state index >= 15 is 0 Å². The normalized spacial score (nSPS) is 14.5. The predicted octanol–water partition coefficient (Wildman–Crippen LogP) is 3.07. The number of rotatable bonds is 2. The molecule has 0 aliphatic carbocycles. The third-order valence-corrected chi connectivity index (χ3v) is 4.17. The quantitative estimate of drug-likeness (QED) is 0.898. The molecule has 0 bridgehead atoms. The van der Waals surface area contributed by atoms with Gasteiger partial charge in [-0.1, -0.05) is 28.1 Å². The van der Waals surface area contributed by atoms with Gasteiger partial charge >= 0.3 is 0 Å². The first kappa shape index (κ1) is 15.3. The first-order valence-electron chi connectivity index (χ1n) is 6.32. The van der Waals surface area contributed by atoms with E-state index in [4.69, 9.17) is 0 Å². The van der Waals surface area contributed by atoms with Gasteiger partial charge in [0.1, 0.15) is 0 Å². The third-order valence-electron chi connectivity index (χ3n) is 3.68. The number of halogens is 2. The van der Waals surface area contributed by atoms with Crippen LogP contribution in [0.4, 0.5) is 0 Å². The van der Waals surface area contributed by atoms with Crippen molar-refractivity contribution < 1.29 is 4.79 Å². The van der Waals surface area contributed by atoms with Gasteiger partial charge in [-0.05, 0) is 35.0 Å². The average Bonchev–Trinajstić information content (AvgIpc) is 2.35. The van der Waals surface area contributed by atoms with Crippen molar-refractivity contribution in [1.82, 2.24) is 10.2 Å². The Bertz CT molecular complexity index is 643. The molecule has 1 saturated heterocycles. The van der Waals surface area contributed by atoms with Crippen molar-refractivity contribution in [2.24, 2.45) is 0 Å². The largest absolute Gasteiger partial charge is 0.336 e. The van der Waals surface area contributed by atoms with Crippen molar-refractivity contribution in [3.8, 4) is 0 Å². The second-order valence-corrected chi connectivity index (χ2v) is 5.85. The van der Waals surface area contributed by atoms with Gasteiger partial charge in [-0.2, -0.15) is 0 Å². The predicted molar refractivity (Wildman–Crippen MR) is 87.6 cm³/mol. The highest BCUT2D eigenvalue weighted by Crippen LogP contribution is 2.22. The van der Waals surface area contributed by atoms with Gasteiger partial charge < -0.3 is 10.2 Å². The zero-order valence-corrected chi connectivity index (χ0v) is 13.5. The van der Waals surface area contributed by atoms with Crippen molar-refractivity contribution in [3.63, 3.8) is 0 Å². The molecular formula is C15H16BrClN2O. The summed E-state index contributed by atoms with van der Waals surface area (Å²) in [5.41, 5.74) is 0.754. The molecule has 0 spiro atoms. The molecule has 3 nitrogen and oxygen atoms in total. The van der Waals surface area contributed by atoms with Gasteiger partial charge in [0.05, 0.1) is 6.04 Å². The molecule has 1 N–H and O–H groups in total. The first-order valence-corrected chi connectivity index (χ1v) is 7.11. The summed E-state index contributed by atoms with van der Waals surface area (Å²) in [6, 6.07) is 12.3. The van der Waals surface area contributed by atoms with Gasteiger partial charge in [-0.3, -0.25) is 4.79 Å². The molecule has 1 amide bonds. The summed E-state index contributed by atoms with van der Waals surface area (Å²) in [7, 11) is 1.87. The maximum atomic E-state index is 12.4. The van der Waals surface area contributed by atoms with Crippen molar-refractivity contribution in [2.45, 2.75) is 6.04 Å². The summed E-state index contributed by atoms with van der Waals surface area (Å²) in [5, 5.41) is 5.41. The van der Waals surface area contributed by atoms with Crippen LogP contribution in [0, 0.1) is 0 Å². The van der Waals surface area contributed by atoms with Gasteiger partial charge in [0.15, 0.2) is 0 Å². The van der Waals surface area contributed by atoms with Gasteiger partial charge in [-0.15, -0.1) is 12.4 Å². The lowest BCUT2D eigenvalue weighted by atomic mass is 10.0. The Morgan fingerprint density at radius 3 is 2.50 bits per heavy atom. The Morgan fingerprint density at radius 1 is 1.20 bits per heavy atom. The van der Waals surface area contributed by atoms with E-state index in [1.54, 1.807) is 0 Å². The Morgan fingerprint density at radius 2 is 1.85 bits per heavy atom. The lowest BCUT2D eigenvalue weighted by Crippen LogP contribution is -2.57. The molecule has 1 aliphatic heterocycles. The van der Waals surface area contributed by atoms with Crippen LogP contribution >= 0.6 is 28.3 Å². The average molecular weight is 356 g/mol. The minimum absolute atomic E-state index is 0. The van der Waals surface area contributed by atoms with Crippen LogP contribution in [0.2, 0.25) is 0 Å². The minimum atomic E-state index is 0. The number of fused-ring (bicyclic) bond motifs is 1. The summed E-state index contributed by atoms with van der Waals surface area (Å²) in [6.07, 6.45) is 0. The van der Waals surface area contributed by atoms with E-state index in [-0.39, 0.29) is 18.3 Å². The molecule has 2 aromatic rings. The van der Waals surface area contributed by atoms with Crippen molar-refractivity contribution in [3.05, 3.63) is 46.4 Å². The van der Waals surface area contributed by atoms with Crippen molar-refractivity contribution in [1.29, 1.82) is 0 Å². The van der Waals surface area contributed by atoms with Crippen LogP contribution in [0.5, 0.6) is 0 Å². The van der Waals surface area contributed by atoms with E-state index in [0.29, 0.717) is 6.04 Å². The number of nitrogens with one attached hydrogen (secondary N) is 1. The van der Waals surface area contributed by atoms with E-state index in [0.717, 1.165) is 33.9 Å². The number of amides is 1. The Kier molecular flexibility index (Phi) is 4.68. The topological polar surface area (TPSA) is 32.3 Å². The number of carbonyl (C=O) groups excluding carboxylic acids is 1. The van der Waals surface area contributed by atoms with Crippen LogP contribution in [-0.2, 0) is 0 Å². The molecule has 0 radical (unpaired) electrons. The van der Waals surface area contributed by atoms with Crippen LogP contribution < -0.4 is 5.32 Å². The van der Waals surface area contributed by atoms with Crippen LogP contribution in [-0.4, -0.2) is 37.0 Å². The maximum absolute atomic E-state index is 12.4. The zero-order chi connectivity index (χ0) is 13.4. The molecule has 1 aliphatic rings. The molecule has 2 aromatic carbocycles. The van der Waals surface area contributed by atoms with E-state index in [1.165, 1.54) is 0 Å². The highest BCUT2D eigenvalue weighted by Gasteiger charge is 2.25. The minimum Gasteiger partial charge on any atom is -0.336 e. The summed E-state index contributed by atoms with van der Waals surface area (Å²) >= 11 is 3.46. The summed E-state index contributed by atoms with van der Waals surface area (Å²) in [6.45, 7) is 1.78. The van der Waals surface area contributed by atoms with Gasteiger partial charge in [0.25, 0.3) is 5.91 Å². The molecule has 0 aromatic heterocycles. The molecule has 1 heterocycles. The highest BCUT2D eigenvalue weighted by molar-refractivity contribution is 9.10. The Hall–Kier alpha value is -1.10. The number of likely N-dealkylation sites (N-methyl/N-ethyl adjacent to an activating group) is 1. The van der Waals surface area contributed by atoms with Gasteiger partial charge in [-0.25, -0.2) is 0 Å². The molecule has 0 atom stereocenters. The molecular weight excluding hydrogens is 340 g/mol. The van der Waals surface area contributed by atoms with Crippen molar-refractivity contribution >= 4 is 45.0 Å². The second kappa shape index (κ2) is 6.12. The number of hydrogen-bond donors (Lipinski definition) is 1. The molecule has 5 heteroatoms. The molecule has 3 rings (SSSR count). The molecule has 20 heavy (non-hydrogen) atoms. The van der Waals surface area contributed by atoms with Gasteiger partial charge in [0.2, 0.25) is 0 Å².